The van der Waals surface area contributed by atoms with Crippen LogP contribution < -0.4 is 16.4 Å². The maximum atomic E-state index is 11.3. The molecule has 1 aromatic carbocycles. The molecule has 4 nitrogen and oxygen atoms in total. The minimum absolute atomic E-state index is 0.142. The number of urea groups is 1. The Morgan fingerprint density at radius 3 is 2.67 bits per heavy atom. The molecule has 0 spiro atoms. The predicted molar refractivity (Wildman–Crippen MR) is 58.2 cm³/mol. The summed E-state index contributed by atoms with van der Waals surface area (Å²) < 4.78 is 0. The van der Waals surface area contributed by atoms with Crippen LogP contribution in [-0.2, 0) is 6.54 Å². The van der Waals surface area contributed by atoms with Gasteiger partial charge in [-0.25, -0.2) is 4.79 Å². The standard InChI is InChI=1S/C11H15N3O/c12-9-6-10(9)14-11(15)13-7-8-4-2-1-3-5-8/h1-5,9-10H,6-7,12H2,(H2,13,14,15). The van der Waals surface area contributed by atoms with Gasteiger partial charge in [-0.05, 0) is 12.0 Å². The molecule has 2 atom stereocenters. The molecule has 1 aliphatic carbocycles. The van der Waals surface area contributed by atoms with Crippen LogP contribution in [0.15, 0.2) is 30.3 Å². The maximum absolute atomic E-state index is 11.3. The van der Waals surface area contributed by atoms with E-state index in [1.165, 1.54) is 0 Å². The molecular formula is C11H15N3O. The average molecular weight is 205 g/mol. The highest BCUT2D eigenvalue weighted by Gasteiger charge is 2.34. The first kappa shape index (κ1) is 9.98. The SMILES string of the molecule is NC1CC1NC(=O)NCc1ccccc1. The van der Waals surface area contributed by atoms with Crippen molar-refractivity contribution in [1.82, 2.24) is 10.6 Å². The van der Waals surface area contributed by atoms with Gasteiger partial charge in [0.2, 0.25) is 0 Å². The Morgan fingerprint density at radius 1 is 1.40 bits per heavy atom. The number of amides is 2. The summed E-state index contributed by atoms with van der Waals surface area (Å²) in [6.07, 6.45) is 0.888. The molecule has 1 aromatic rings. The second kappa shape index (κ2) is 4.31. The lowest BCUT2D eigenvalue weighted by Gasteiger charge is -2.06. The van der Waals surface area contributed by atoms with Crippen LogP contribution in [0.25, 0.3) is 0 Å². The minimum atomic E-state index is -0.142. The third-order valence-corrected chi connectivity index (χ3v) is 2.45. The van der Waals surface area contributed by atoms with Crippen molar-refractivity contribution >= 4 is 6.03 Å². The van der Waals surface area contributed by atoms with Gasteiger partial charge in [0.05, 0.1) is 0 Å². The molecule has 0 bridgehead atoms. The molecule has 15 heavy (non-hydrogen) atoms. The number of hydrogen-bond acceptors (Lipinski definition) is 2. The summed E-state index contributed by atoms with van der Waals surface area (Å²) in [5, 5.41) is 5.58. The van der Waals surface area contributed by atoms with Crippen molar-refractivity contribution < 1.29 is 4.79 Å². The summed E-state index contributed by atoms with van der Waals surface area (Å²) in [4.78, 5) is 11.3. The Hall–Kier alpha value is -1.55. The highest BCUT2D eigenvalue weighted by molar-refractivity contribution is 5.74. The van der Waals surface area contributed by atoms with Crippen LogP contribution in [0.4, 0.5) is 4.79 Å². The van der Waals surface area contributed by atoms with E-state index in [0.29, 0.717) is 6.54 Å². The lowest BCUT2D eigenvalue weighted by atomic mass is 10.2. The molecule has 0 aliphatic heterocycles. The lowest BCUT2D eigenvalue weighted by molar-refractivity contribution is 0.240. The smallest absolute Gasteiger partial charge is 0.315 e. The highest BCUT2D eigenvalue weighted by Crippen LogP contribution is 2.17. The number of carbonyl (C=O) groups is 1. The van der Waals surface area contributed by atoms with Crippen molar-refractivity contribution in [2.45, 2.75) is 25.0 Å². The van der Waals surface area contributed by atoms with Crippen molar-refractivity contribution in [2.24, 2.45) is 5.73 Å². The van der Waals surface area contributed by atoms with E-state index >= 15 is 0 Å². The summed E-state index contributed by atoms with van der Waals surface area (Å²) in [6.45, 7) is 0.550. The molecule has 80 valence electrons. The Labute approximate surface area is 88.9 Å². The van der Waals surface area contributed by atoms with Crippen molar-refractivity contribution in [3.63, 3.8) is 0 Å². The Bertz CT molecular complexity index is 339. The molecule has 1 fully saturated rings. The lowest BCUT2D eigenvalue weighted by Crippen LogP contribution is -2.38. The van der Waals surface area contributed by atoms with E-state index in [1.807, 2.05) is 30.3 Å². The van der Waals surface area contributed by atoms with E-state index in [1.54, 1.807) is 0 Å². The summed E-state index contributed by atoms with van der Waals surface area (Å²) in [5.74, 6) is 0. The van der Waals surface area contributed by atoms with E-state index in [-0.39, 0.29) is 18.1 Å². The van der Waals surface area contributed by atoms with Crippen LogP contribution in [0.1, 0.15) is 12.0 Å². The normalized spacial score (nSPS) is 23.3. The van der Waals surface area contributed by atoms with Gasteiger partial charge in [0.15, 0.2) is 0 Å². The van der Waals surface area contributed by atoms with Crippen LogP contribution in [0.3, 0.4) is 0 Å². The first-order valence-corrected chi connectivity index (χ1v) is 5.09. The van der Waals surface area contributed by atoms with Crippen LogP contribution in [-0.4, -0.2) is 18.1 Å². The molecule has 0 heterocycles. The summed E-state index contributed by atoms with van der Waals surface area (Å²) in [6, 6.07) is 9.97. The Morgan fingerprint density at radius 2 is 2.07 bits per heavy atom. The van der Waals surface area contributed by atoms with Gasteiger partial charge >= 0.3 is 6.03 Å². The largest absolute Gasteiger partial charge is 0.334 e. The fourth-order valence-electron chi connectivity index (χ4n) is 1.38. The maximum Gasteiger partial charge on any atom is 0.315 e. The molecule has 1 saturated carbocycles. The van der Waals surface area contributed by atoms with Gasteiger partial charge in [0.25, 0.3) is 0 Å². The van der Waals surface area contributed by atoms with Gasteiger partial charge in [-0.3, -0.25) is 0 Å². The van der Waals surface area contributed by atoms with E-state index in [0.717, 1.165) is 12.0 Å². The van der Waals surface area contributed by atoms with E-state index in [9.17, 15) is 4.79 Å². The third-order valence-electron chi connectivity index (χ3n) is 2.45. The second-order valence-corrected chi connectivity index (χ2v) is 3.82. The number of hydrogen-bond donors (Lipinski definition) is 3. The van der Waals surface area contributed by atoms with Crippen LogP contribution in [0.2, 0.25) is 0 Å². The van der Waals surface area contributed by atoms with Gasteiger partial charge in [0, 0.05) is 18.6 Å². The number of carbonyl (C=O) groups excluding carboxylic acids is 1. The molecule has 0 saturated heterocycles. The molecule has 4 N–H and O–H groups in total. The first-order chi connectivity index (χ1) is 7.25. The molecule has 0 aromatic heterocycles. The zero-order chi connectivity index (χ0) is 10.7. The second-order valence-electron chi connectivity index (χ2n) is 3.82. The number of nitrogens with one attached hydrogen (secondary N) is 2. The fourth-order valence-corrected chi connectivity index (χ4v) is 1.38. The first-order valence-electron chi connectivity index (χ1n) is 5.09. The summed E-state index contributed by atoms with van der Waals surface area (Å²) in [7, 11) is 0. The number of benzene rings is 1. The fraction of sp³-hybridized carbons (Fsp3) is 0.364. The Balaban J connectivity index is 1.71. The minimum Gasteiger partial charge on any atom is -0.334 e. The van der Waals surface area contributed by atoms with Crippen molar-refractivity contribution in [2.75, 3.05) is 0 Å². The van der Waals surface area contributed by atoms with Crippen molar-refractivity contribution in [3.8, 4) is 0 Å². The molecular weight excluding hydrogens is 190 g/mol. The quantitative estimate of drug-likeness (QED) is 0.676. The van der Waals surface area contributed by atoms with Gasteiger partial charge in [0.1, 0.15) is 0 Å². The highest BCUT2D eigenvalue weighted by atomic mass is 16.2. The van der Waals surface area contributed by atoms with Gasteiger partial charge < -0.3 is 16.4 Å². The van der Waals surface area contributed by atoms with E-state index in [4.69, 9.17) is 5.73 Å². The van der Waals surface area contributed by atoms with Crippen molar-refractivity contribution in [3.05, 3.63) is 35.9 Å². The van der Waals surface area contributed by atoms with Gasteiger partial charge in [-0.15, -0.1) is 0 Å². The zero-order valence-electron chi connectivity index (χ0n) is 8.44. The molecule has 0 radical (unpaired) electrons. The van der Waals surface area contributed by atoms with E-state index in [2.05, 4.69) is 10.6 Å². The van der Waals surface area contributed by atoms with Crippen LogP contribution >= 0.6 is 0 Å². The van der Waals surface area contributed by atoms with E-state index < -0.39 is 0 Å². The summed E-state index contributed by atoms with van der Waals surface area (Å²) >= 11 is 0. The van der Waals surface area contributed by atoms with Crippen LogP contribution in [0.5, 0.6) is 0 Å². The third kappa shape index (κ3) is 2.95. The van der Waals surface area contributed by atoms with Crippen LogP contribution in [0, 0.1) is 0 Å². The molecule has 1 aliphatic rings. The average Bonchev–Trinajstić information content (AvgIpc) is 2.93. The predicted octanol–water partition coefficient (Wildman–Crippen LogP) is 0.585. The molecule has 2 amide bonds. The van der Waals surface area contributed by atoms with Gasteiger partial charge in [-0.2, -0.15) is 0 Å². The number of rotatable bonds is 3. The topological polar surface area (TPSA) is 67.1 Å². The number of nitrogens with two attached hydrogens (primary N) is 1. The van der Waals surface area contributed by atoms with Gasteiger partial charge in [-0.1, -0.05) is 30.3 Å². The molecule has 2 unspecified atom stereocenters. The summed E-state index contributed by atoms with van der Waals surface area (Å²) in [5.41, 5.74) is 6.67. The molecule has 4 heteroatoms. The Kier molecular flexibility index (Phi) is 2.87. The molecule has 2 rings (SSSR count). The monoisotopic (exact) mass is 205 g/mol. The zero-order valence-corrected chi connectivity index (χ0v) is 8.44. The van der Waals surface area contributed by atoms with Crippen molar-refractivity contribution in [1.29, 1.82) is 0 Å².